The second kappa shape index (κ2) is 5.32. The summed E-state index contributed by atoms with van der Waals surface area (Å²) in [7, 11) is 0. The zero-order chi connectivity index (χ0) is 14.2. The van der Waals surface area contributed by atoms with Crippen molar-refractivity contribution in [2.45, 2.75) is 44.6 Å². The SMILES string of the molecule is Cc1ccc(F)c(N2CCCNC3(CCCC3)C2)c1F. The van der Waals surface area contributed by atoms with Crippen LogP contribution in [0.3, 0.4) is 0 Å². The Morgan fingerprint density at radius 1 is 1.15 bits per heavy atom. The molecule has 2 fully saturated rings. The smallest absolute Gasteiger partial charge is 0.152 e. The summed E-state index contributed by atoms with van der Waals surface area (Å²) in [6.45, 7) is 4.06. The Labute approximate surface area is 119 Å². The average Bonchev–Trinajstić information content (AvgIpc) is 2.77. The fraction of sp³-hybridized carbons (Fsp3) is 0.625. The Balaban J connectivity index is 1.94. The lowest BCUT2D eigenvalue weighted by atomic mass is 9.97. The molecule has 2 aliphatic rings. The molecule has 1 aliphatic heterocycles. The van der Waals surface area contributed by atoms with Gasteiger partial charge in [0, 0.05) is 18.6 Å². The maximum absolute atomic E-state index is 14.4. The van der Waals surface area contributed by atoms with Crippen molar-refractivity contribution < 1.29 is 8.78 Å². The molecule has 1 saturated heterocycles. The van der Waals surface area contributed by atoms with Crippen molar-refractivity contribution >= 4 is 5.69 Å². The normalized spacial score (nSPS) is 22.2. The fourth-order valence-corrected chi connectivity index (χ4v) is 3.63. The van der Waals surface area contributed by atoms with Crippen LogP contribution in [0.4, 0.5) is 14.5 Å². The van der Waals surface area contributed by atoms with Crippen molar-refractivity contribution in [1.82, 2.24) is 5.32 Å². The molecule has 0 aromatic heterocycles. The lowest BCUT2D eigenvalue weighted by Crippen LogP contribution is -2.49. The molecular formula is C16H22F2N2. The van der Waals surface area contributed by atoms with Gasteiger partial charge in [0.2, 0.25) is 0 Å². The molecule has 2 nitrogen and oxygen atoms in total. The Morgan fingerprint density at radius 2 is 1.90 bits per heavy atom. The molecule has 0 amide bonds. The predicted octanol–water partition coefficient (Wildman–Crippen LogP) is 3.39. The standard InChI is InChI=1S/C16H22F2N2/c1-12-5-6-13(17)15(14(12)18)20-10-4-9-19-16(11-20)7-2-3-8-16/h5-6,19H,2-4,7-11H2,1H3. The minimum atomic E-state index is -0.442. The van der Waals surface area contributed by atoms with Crippen LogP contribution < -0.4 is 10.2 Å². The van der Waals surface area contributed by atoms with Gasteiger partial charge in [-0.1, -0.05) is 18.9 Å². The minimum Gasteiger partial charge on any atom is -0.365 e. The minimum absolute atomic E-state index is 0.0547. The third kappa shape index (κ3) is 2.41. The van der Waals surface area contributed by atoms with Crippen molar-refractivity contribution in [3.8, 4) is 0 Å². The molecule has 0 bridgehead atoms. The molecule has 20 heavy (non-hydrogen) atoms. The average molecular weight is 280 g/mol. The van der Waals surface area contributed by atoms with E-state index in [1.165, 1.54) is 25.0 Å². The molecule has 1 saturated carbocycles. The van der Waals surface area contributed by atoms with Gasteiger partial charge in [-0.25, -0.2) is 8.78 Å². The van der Waals surface area contributed by atoms with E-state index in [4.69, 9.17) is 0 Å². The number of nitrogens with one attached hydrogen (secondary N) is 1. The van der Waals surface area contributed by atoms with E-state index >= 15 is 0 Å². The third-order valence-corrected chi connectivity index (χ3v) is 4.74. The molecule has 1 aromatic carbocycles. The van der Waals surface area contributed by atoms with Gasteiger partial charge in [0.1, 0.15) is 11.5 Å². The number of benzene rings is 1. The topological polar surface area (TPSA) is 15.3 Å². The van der Waals surface area contributed by atoms with Gasteiger partial charge in [0.25, 0.3) is 0 Å². The Hall–Kier alpha value is -1.16. The molecule has 0 radical (unpaired) electrons. The Bertz CT molecular complexity index is 495. The lowest BCUT2D eigenvalue weighted by molar-refractivity contribution is 0.353. The molecule has 4 heteroatoms. The summed E-state index contributed by atoms with van der Waals surface area (Å²) in [5.41, 5.74) is 0.734. The lowest BCUT2D eigenvalue weighted by Gasteiger charge is -2.34. The van der Waals surface area contributed by atoms with Crippen LogP contribution in [0.15, 0.2) is 12.1 Å². The molecule has 3 rings (SSSR count). The number of hydrogen-bond donors (Lipinski definition) is 1. The second-order valence-corrected chi connectivity index (χ2v) is 6.22. The van der Waals surface area contributed by atoms with E-state index in [-0.39, 0.29) is 11.2 Å². The first-order valence-corrected chi connectivity index (χ1v) is 7.56. The molecule has 1 spiro atoms. The molecule has 1 aliphatic carbocycles. The molecule has 0 atom stereocenters. The highest BCUT2D eigenvalue weighted by molar-refractivity contribution is 5.52. The highest BCUT2D eigenvalue weighted by Gasteiger charge is 2.37. The Morgan fingerprint density at radius 3 is 2.65 bits per heavy atom. The maximum Gasteiger partial charge on any atom is 0.152 e. The zero-order valence-electron chi connectivity index (χ0n) is 12.0. The highest BCUT2D eigenvalue weighted by Crippen LogP contribution is 2.35. The van der Waals surface area contributed by atoms with Gasteiger partial charge >= 0.3 is 0 Å². The van der Waals surface area contributed by atoms with Crippen molar-refractivity contribution in [3.05, 3.63) is 29.3 Å². The maximum atomic E-state index is 14.4. The number of hydrogen-bond acceptors (Lipinski definition) is 2. The van der Waals surface area contributed by atoms with Gasteiger partial charge in [0.05, 0.1) is 0 Å². The number of halogens is 2. The first-order valence-electron chi connectivity index (χ1n) is 7.56. The largest absolute Gasteiger partial charge is 0.365 e. The highest BCUT2D eigenvalue weighted by atomic mass is 19.1. The van der Waals surface area contributed by atoms with E-state index in [9.17, 15) is 8.78 Å². The van der Waals surface area contributed by atoms with Crippen LogP contribution in [0.2, 0.25) is 0 Å². The summed E-state index contributed by atoms with van der Waals surface area (Å²) in [6.07, 6.45) is 5.56. The van der Waals surface area contributed by atoms with Gasteiger partial charge in [-0.3, -0.25) is 0 Å². The number of nitrogens with zero attached hydrogens (tertiary/aromatic N) is 1. The number of aryl methyl sites for hydroxylation is 1. The van der Waals surface area contributed by atoms with Crippen LogP contribution in [-0.2, 0) is 0 Å². The molecule has 0 unspecified atom stereocenters. The zero-order valence-corrected chi connectivity index (χ0v) is 12.0. The van der Waals surface area contributed by atoms with Gasteiger partial charge < -0.3 is 10.2 Å². The van der Waals surface area contributed by atoms with Crippen molar-refractivity contribution in [3.63, 3.8) is 0 Å². The molecule has 110 valence electrons. The summed E-state index contributed by atoms with van der Waals surface area (Å²) >= 11 is 0. The summed E-state index contributed by atoms with van der Waals surface area (Å²) in [5, 5.41) is 3.62. The monoisotopic (exact) mass is 280 g/mol. The van der Waals surface area contributed by atoms with Crippen molar-refractivity contribution in [1.29, 1.82) is 0 Å². The van der Waals surface area contributed by atoms with Crippen molar-refractivity contribution in [2.24, 2.45) is 0 Å². The van der Waals surface area contributed by atoms with Crippen LogP contribution in [0.25, 0.3) is 0 Å². The molecule has 1 heterocycles. The third-order valence-electron chi connectivity index (χ3n) is 4.74. The number of rotatable bonds is 1. The summed E-state index contributed by atoms with van der Waals surface area (Å²) in [4.78, 5) is 1.92. The fourth-order valence-electron chi connectivity index (χ4n) is 3.63. The molecule has 1 N–H and O–H groups in total. The van der Waals surface area contributed by atoms with E-state index in [0.717, 1.165) is 25.8 Å². The Kier molecular flexibility index (Phi) is 3.67. The van der Waals surface area contributed by atoms with Crippen LogP contribution in [0, 0.1) is 18.6 Å². The van der Waals surface area contributed by atoms with E-state index in [1.807, 2.05) is 4.90 Å². The van der Waals surface area contributed by atoms with Gasteiger partial charge in [-0.15, -0.1) is 0 Å². The summed E-state index contributed by atoms with van der Waals surface area (Å²) in [5.74, 6) is -0.844. The van der Waals surface area contributed by atoms with Crippen LogP contribution in [0.1, 0.15) is 37.7 Å². The first kappa shape index (κ1) is 13.8. The molecule has 1 aromatic rings. The predicted molar refractivity (Wildman–Crippen MR) is 77.1 cm³/mol. The van der Waals surface area contributed by atoms with E-state index in [1.54, 1.807) is 6.92 Å². The van der Waals surface area contributed by atoms with E-state index in [0.29, 0.717) is 18.7 Å². The second-order valence-electron chi connectivity index (χ2n) is 6.22. The summed E-state index contributed by atoms with van der Waals surface area (Å²) < 4.78 is 28.5. The van der Waals surface area contributed by atoms with Gasteiger partial charge in [-0.2, -0.15) is 0 Å². The quantitative estimate of drug-likeness (QED) is 0.848. The van der Waals surface area contributed by atoms with Gasteiger partial charge in [0.15, 0.2) is 5.82 Å². The first-order chi connectivity index (χ1) is 9.61. The summed E-state index contributed by atoms with van der Waals surface area (Å²) in [6, 6.07) is 2.89. The van der Waals surface area contributed by atoms with E-state index in [2.05, 4.69) is 5.32 Å². The van der Waals surface area contributed by atoms with Gasteiger partial charge in [-0.05, 0) is 44.4 Å². The van der Waals surface area contributed by atoms with Crippen LogP contribution in [-0.4, -0.2) is 25.2 Å². The van der Waals surface area contributed by atoms with Crippen LogP contribution in [0.5, 0.6) is 0 Å². The molecular weight excluding hydrogens is 258 g/mol. The van der Waals surface area contributed by atoms with E-state index < -0.39 is 11.6 Å². The van der Waals surface area contributed by atoms with Crippen molar-refractivity contribution in [2.75, 3.05) is 24.5 Å². The number of anilines is 1. The van der Waals surface area contributed by atoms with Crippen LogP contribution >= 0.6 is 0 Å².